The van der Waals surface area contributed by atoms with Crippen LogP contribution in [0.15, 0.2) is 72.8 Å². The van der Waals surface area contributed by atoms with Gasteiger partial charge in [0.05, 0.1) is 219 Å². The van der Waals surface area contributed by atoms with Gasteiger partial charge < -0.3 is 94.7 Å². The summed E-state index contributed by atoms with van der Waals surface area (Å²) in [6.07, 6.45) is 0. The van der Waals surface area contributed by atoms with E-state index in [0.29, 0.717) is 268 Å². The van der Waals surface area contributed by atoms with Crippen LogP contribution >= 0.6 is 0 Å². The van der Waals surface area contributed by atoms with Gasteiger partial charge in [-0.25, -0.2) is 9.97 Å². The summed E-state index contributed by atoms with van der Waals surface area (Å²) < 4.78 is 115. The monoisotopic (exact) mass is 1210 g/mol. The van der Waals surface area contributed by atoms with E-state index in [1.165, 1.54) is 0 Å². The van der Waals surface area contributed by atoms with Gasteiger partial charge in [-0.1, -0.05) is 36.4 Å². The molecule has 2 aromatic heterocycles. The van der Waals surface area contributed by atoms with Crippen molar-refractivity contribution in [2.24, 2.45) is 0 Å². The largest absolute Gasteiger partial charge is 0.490 e. The number of ether oxygens (including phenoxy) is 20. The third-order valence-corrected chi connectivity index (χ3v) is 12.2. The van der Waals surface area contributed by atoms with E-state index in [-0.39, 0.29) is 26.4 Å². The molecule has 0 radical (unpaired) electrons. The lowest BCUT2D eigenvalue weighted by molar-refractivity contribution is -0.00360. The van der Waals surface area contributed by atoms with Gasteiger partial charge >= 0.3 is 0 Å². The van der Waals surface area contributed by atoms with E-state index in [4.69, 9.17) is 105 Å². The second-order valence-corrected chi connectivity index (χ2v) is 18.4. The lowest BCUT2D eigenvalue weighted by atomic mass is 10.0. The molecule has 0 N–H and O–H groups in total. The van der Waals surface area contributed by atoms with Crippen molar-refractivity contribution in [2.75, 3.05) is 238 Å². The molecule has 0 fully saturated rings. The van der Waals surface area contributed by atoms with E-state index < -0.39 is 0 Å². The number of fused-ring (bicyclic) bond motifs is 3. The third-order valence-electron chi connectivity index (χ3n) is 12.2. The Kier molecular flexibility index (Phi) is 40.9. The van der Waals surface area contributed by atoms with Gasteiger partial charge in [-0.05, 0) is 64.1 Å². The first kappa shape index (κ1) is 71.8. The van der Waals surface area contributed by atoms with Crippen molar-refractivity contribution in [3.8, 4) is 45.5 Å². The molecule has 5 rings (SSSR count). The number of benzene rings is 3. The topological polar surface area (TPSA) is 210 Å². The van der Waals surface area contributed by atoms with Gasteiger partial charge in [-0.2, -0.15) is 0 Å². The van der Waals surface area contributed by atoms with Crippen molar-refractivity contribution in [3.05, 3.63) is 72.8 Å². The van der Waals surface area contributed by atoms with E-state index in [9.17, 15) is 0 Å². The zero-order valence-electron chi connectivity index (χ0n) is 51.4. The quantitative estimate of drug-likeness (QED) is 0.0267. The average Bonchev–Trinajstić information content (AvgIpc) is 0.957. The summed E-state index contributed by atoms with van der Waals surface area (Å²) in [6.45, 7) is 24.5. The molecule has 0 unspecified atom stereocenters. The Morgan fingerprint density at radius 2 is 0.407 bits per heavy atom. The highest BCUT2D eigenvalue weighted by molar-refractivity contribution is 6.04. The standard InChI is InChI=1S/C64H96N2O20/c1-5-67-21-25-71-29-33-75-37-41-79-45-49-83-57-11-9-12-58(84-50-46-80-42-38-76-34-30-72-26-22-68-6-2)61(57)55-19-17-53-15-16-54-18-20-56(66-64(54)63(53)65-55)62-59(85-51-47-81-43-39-77-35-31-73-27-23-69-7-3)13-10-14-60(62)86-52-48-82-44-40-78-36-32-74-28-24-70-8-4/h9-20H,5-8,21-52H2,1-4H3. The van der Waals surface area contributed by atoms with Crippen LogP contribution in [-0.2, 0) is 75.8 Å². The molecule has 0 atom stereocenters. The highest BCUT2D eigenvalue weighted by atomic mass is 16.6. The lowest BCUT2D eigenvalue weighted by Crippen LogP contribution is -2.14. The van der Waals surface area contributed by atoms with E-state index >= 15 is 0 Å². The van der Waals surface area contributed by atoms with Gasteiger partial charge in [0, 0.05) is 37.2 Å². The lowest BCUT2D eigenvalue weighted by Gasteiger charge is -2.18. The number of rotatable bonds is 58. The van der Waals surface area contributed by atoms with Gasteiger partial charge in [0.25, 0.3) is 0 Å². The Hall–Kier alpha value is -4.96. The fourth-order valence-electron chi connectivity index (χ4n) is 8.11. The maximum Gasteiger partial charge on any atom is 0.132 e. The molecule has 0 saturated carbocycles. The average molecular weight is 1210 g/mol. The first-order valence-corrected chi connectivity index (χ1v) is 30.4. The number of aromatic nitrogens is 2. The molecule has 0 saturated heterocycles. The molecule has 22 heteroatoms. The molecule has 0 aliphatic carbocycles. The Balaban J connectivity index is 1.30. The maximum absolute atomic E-state index is 6.45. The molecule has 3 aromatic carbocycles. The summed E-state index contributed by atoms with van der Waals surface area (Å²) in [7, 11) is 0. The second-order valence-electron chi connectivity index (χ2n) is 18.4. The molecule has 86 heavy (non-hydrogen) atoms. The normalized spacial score (nSPS) is 11.6. The van der Waals surface area contributed by atoms with Crippen LogP contribution in [0, 0.1) is 0 Å². The third kappa shape index (κ3) is 30.3. The van der Waals surface area contributed by atoms with Gasteiger partial charge in [-0.15, -0.1) is 0 Å². The molecule has 2 heterocycles. The number of nitrogens with zero attached hydrogens (tertiary/aromatic N) is 2. The van der Waals surface area contributed by atoms with Crippen molar-refractivity contribution in [2.45, 2.75) is 27.7 Å². The summed E-state index contributed by atoms with van der Waals surface area (Å²) in [4.78, 5) is 10.7. The summed E-state index contributed by atoms with van der Waals surface area (Å²) in [5.74, 6) is 2.29. The summed E-state index contributed by atoms with van der Waals surface area (Å²) in [6, 6.07) is 23.5. The minimum Gasteiger partial charge on any atom is -0.490 e. The highest BCUT2D eigenvalue weighted by Gasteiger charge is 2.20. The van der Waals surface area contributed by atoms with Crippen LogP contribution < -0.4 is 18.9 Å². The Morgan fingerprint density at radius 1 is 0.221 bits per heavy atom. The SMILES string of the molecule is CCOCCOCCOCCOCCOc1cccc(OCCOCCOCCOCCOCC)c1-c1ccc2ccc3ccc(-c4c(OCCOCCOCCOCCOCC)cccc4OCCOCCOCCOCCOCC)nc3c2n1. The van der Waals surface area contributed by atoms with E-state index in [0.717, 1.165) is 10.8 Å². The summed E-state index contributed by atoms with van der Waals surface area (Å²) in [5, 5.41) is 1.78. The molecule has 0 aliphatic rings. The van der Waals surface area contributed by atoms with Crippen LogP contribution in [0.3, 0.4) is 0 Å². The first-order valence-electron chi connectivity index (χ1n) is 30.4. The zero-order valence-corrected chi connectivity index (χ0v) is 51.4. The highest BCUT2D eigenvalue weighted by Crippen LogP contribution is 2.41. The molecule has 482 valence electrons. The maximum atomic E-state index is 6.45. The van der Waals surface area contributed by atoms with Crippen LogP contribution in [0.5, 0.6) is 23.0 Å². The van der Waals surface area contributed by atoms with Crippen molar-refractivity contribution >= 4 is 21.8 Å². The Labute approximate surface area is 508 Å². The summed E-state index contributed by atoms with van der Waals surface area (Å²) in [5.41, 5.74) is 3.94. The smallest absolute Gasteiger partial charge is 0.132 e. The fourth-order valence-corrected chi connectivity index (χ4v) is 8.11. The van der Waals surface area contributed by atoms with Crippen molar-refractivity contribution in [1.82, 2.24) is 9.97 Å². The summed E-state index contributed by atoms with van der Waals surface area (Å²) >= 11 is 0. The minimum absolute atomic E-state index is 0.268. The predicted octanol–water partition coefficient (Wildman–Crippen LogP) is 7.98. The molecule has 0 bridgehead atoms. The van der Waals surface area contributed by atoms with Gasteiger partial charge in [0.2, 0.25) is 0 Å². The number of hydrogen-bond acceptors (Lipinski definition) is 22. The van der Waals surface area contributed by atoms with Crippen LogP contribution in [0.1, 0.15) is 27.7 Å². The predicted molar refractivity (Wildman–Crippen MR) is 326 cm³/mol. The number of pyridine rings is 2. The molecular weight excluding hydrogens is 1120 g/mol. The molecular formula is C64H96N2O20. The van der Waals surface area contributed by atoms with Gasteiger partial charge in [-0.3, -0.25) is 0 Å². The van der Waals surface area contributed by atoms with Crippen LogP contribution in [0.4, 0.5) is 0 Å². The Morgan fingerprint density at radius 3 is 0.616 bits per heavy atom. The van der Waals surface area contributed by atoms with Crippen LogP contribution in [0.25, 0.3) is 44.3 Å². The molecule has 0 amide bonds. The zero-order chi connectivity index (χ0) is 60.4. The Bertz CT molecular complexity index is 2190. The fraction of sp³-hybridized carbons (Fsp3) is 0.625. The molecule has 0 aliphatic heterocycles. The molecule has 5 aromatic rings. The second kappa shape index (κ2) is 49.0. The number of hydrogen-bond donors (Lipinski definition) is 0. The minimum atomic E-state index is 0.268. The molecule has 0 spiro atoms. The van der Waals surface area contributed by atoms with E-state index in [1.807, 2.05) is 100 Å². The van der Waals surface area contributed by atoms with Crippen molar-refractivity contribution in [3.63, 3.8) is 0 Å². The van der Waals surface area contributed by atoms with E-state index in [2.05, 4.69) is 0 Å². The first-order chi connectivity index (χ1) is 42.7. The van der Waals surface area contributed by atoms with E-state index in [1.54, 1.807) is 0 Å². The van der Waals surface area contributed by atoms with Crippen molar-refractivity contribution in [1.29, 1.82) is 0 Å². The van der Waals surface area contributed by atoms with Gasteiger partial charge in [0.15, 0.2) is 0 Å². The molecule has 22 nitrogen and oxygen atoms in total. The van der Waals surface area contributed by atoms with Crippen LogP contribution in [0.2, 0.25) is 0 Å². The van der Waals surface area contributed by atoms with Gasteiger partial charge in [0.1, 0.15) is 49.4 Å². The van der Waals surface area contributed by atoms with Crippen LogP contribution in [-0.4, -0.2) is 248 Å². The van der Waals surface area contributed by atoms with Crippen molar-refractivity contribution < 1.29 is 94.7 Å².